The van der Waals surface area contributed by atoms with Gasteiger partial charge in [-0.05, 0) is 55.2 Å². The van der Waals surface area contributed by atoms with Gasteiger partial charge in [-0.25, -0.2) is 9.38 Å². The number of likely N-dealkylation sites (tertiary alicyclic amines) is 1. The van der Waals surface area contributed by atoms with Gasteiger partial charge in [-0.1, -0.05) is 13.0 Å². The molecule has 1 aromatic carbocycles. The largest absolute Gasteiger partial charge is 0.494 e. The molecule has 24 heavy (non-hydrogen) atoms. The molecule has 3 rings (SSSR count). The highest BCUT2D eigenvalue weighted by atomic mass is 127. The third-order valence-electron chi connectivity index (χ3n) is 5.18. The molecule has 0 spiro atoms. The Hall–Kier alpha value is -1.05. The van der Waals surface area contributed by atoms with Crippen molar-refractivity contribution >= 4 is 29.9 Å². The van der Waals surface area contributed by atoms with Crippen LogP contribution in [-0.4, -0.2) is 37.1 Å². The maximum absolute atomic E-state index is 13.8. The first-order valence-corrected chi connectivity index (χ1v) is 8.48. The van der Waals surface area contributed by atoms with Crippen LogP contribution in [0.3, 0.4) is 0 Å². The summed E-state index contributed by atoms with van der Waals surface area (Å²) in [6.07, 6.45) is 4.26. The summed E-state index contributed by atoms with van der Waals surface area (Å²) in [6.45, 7) is 4.31. The van der Waals surface area contributed by atoms with Gasteiger partial charge in [0.05, 0.1) is 13.2 Å². The predicted molar refractivity (Wildman–Crippen MR) is 106 cm³/mol. The molecule has 6 heteroatoms. The monoisotopic (exact) mass is 447 g/mol. The first kappa shape index (κ1) is 19.3. The van der Waals surface area contributed by atoms with E-state index in [-0.39, 0.29) is 35.8 Å². The van der Waals surface area contributed by atoms with Gasteiger partial charge in [0.2, 0.25) is 0 Å². The number of piperidine rings is 1. The van der Waals surface area contributed by atoms with Crippen LogP contribution >= 0.6 is 24.0 Å². The van der Waals surface area contributed by atoms with Crippen molar-refractivity contribution in [3.05, 3.63) is 29.6 Å². The summed E-state index contributed by atoms with van der Waals surface area (Å²) < 4.78 is 18.7. The second kappa shape index (κ2) is 8.36. The quantitative estimate of drug-likeness (QED) is 0.437. The summed E-state index contributed by atoms with van der Waals surface area (Å²) in [4.78, 5) is 6.86. The minimum atomic E-state index is -0.293. The van der Waals surface area contributed by atoms with Crippen LogP contribution in [0.5, 0.6) is 5.75 Å². The van der Waals surface area contributed by atoms with E-state index in [4.69, 9.17) is 10.5 Å². The van der Waals surface area contributed by atoms with Crippen molar-refractivity contribution in [1.82, 2.24) is 4.90 Å². The van der Waals surface area contributed by atoms with Crippen LogP contribution in [0.4, 0.5) is 4.39 Å². The van der Waals surface area contributed by atoms with E-state index >= 15 is 0 Å². The minimum absolute atomic E-state index is 0. The van der Waals surface area contributed by atoms with E-state index in [1.165, 1.54) is 20.0 Å². The van der Waals surface area contributed by atoms with Crippen LogP contribution < -0.4 is 10.5 Å². The molecule has 0 bridgehead atoms. The molecule has 0 radical (unpaired) electrons. The molecule has 2 aliphatic rings. The van der Waals surface area contributed by atoms with Crippen LogP contribution in [0.15, 0.2) is 23.2 Å². The lowest BCUT2D eigenvalue weighted by Gasteiger charge is -2.36. The first-order chi connectivity index (χ1) is 11.1. The molecule has 1 saturated heterocycles. The number of aliphatic imine (C=N–C) groups is 1. The summed E-state index contributed by atoms with van der Waals surface area (Å²) in [5.74, 6) is 1.85. The number of hydrogen-bond acceptors (Lipinski definition) is 2. The Morgan fingerprint density at radius 3 is 2.54 bits per heavy atom. The number of methoxy groups -OCH3 is 1. The molecule has 2 fully saturated rings. The molecular formula is C18H27FIN3O. The predicted octanol–water partition coefficient (Wildman–Crippen LogP) is 3.74. The second-order valence-electron chi connectivity index (χ2n) is 6.87. The number of rotatable bonds is 3. The summed E-state index contributed by atoms with van der Waals surface area (Å²) in [6, 6.07) is 5.50. The summed E-state index contributed by atoms with van der Waals surface area (Å²) in [5, 5.41) is 0. The lowest BCUT2D eigenvalue weighted by atomic mass is 9.76. The number of nitrogens with zero attached hydrogens (tertiary/aromatic N) is 2. The molecule has 0 atom stereocenters. The van der Waals surface area contributed by atoms with E-state index in [9.17, 15) is 4.39 Å². The van der Waals surface area contributed by atoms with Gasteiger partial charge in [0.1, 0.15) is 0 Å². The standard InChI is InChI=1S/C18H26FN3O.HI/c1-12-5-7-22(8-6-12)18(20)21-15-9-14(10-15)13-3-4-17(23-2)16(19)11-13;/h3-4,11-12,14-15H,5-10H2,1-2H3,(H2,20,21);1H. The van der Waals surface area contributed by atoms with E-state index in [0.29, 0.717) is 17.6 Å². The van der Waals surface area contributed by atoms with Crippen molar-refractivity contribution in [2.24, 2.45) is 16.6 Å². The van der Waals surface area contributed by atoms with Gasteiger partial charge in [0.15, 0.2) is 17.5 Å². The molecule has 134 valence electrons. The number of nitrogens with two attached hydrogens (primary N) is 1. The van der Waals surface area contributed by atoms with Gasteiger partial charge in [0, 0.05) is 13.1 Å². The van der Waals surface area contributed by atoms with Crippen molar-refractivity contribution in [2.75, 3.05) is 20.2 Å². The molecule has 1 aromatic rings. The SMILES string of the molecule is COc1ccc(C2CC(N=C(N)N3CCC(C)CC3)C2)cc1F.I. The van der Waals surface area contributed by atoms with Gasteiger partial charge in [-0.3, -0.25) is 0 Å². The Bertz CT molecular complexity index is 582. The van der Waals surface area contributed by atoms with Crippen molar-refractivity contribution in [3.63, 3.8) is 0 Å². The molecule has 1 heterocycles. The topological polar surface area (TPSA) is 50.9 Å². The zero-order valence-corrected chi connectivity index (χ0v) is 16.7. The van der Waals surface area contributed by atoms with E-state index < -0.39 is 0 Å². The number of benzene rings is 1. The van der Waals surface area contributed by atoms with Crippen molar-refractivity contribution in [1.29, 1.82) is 0 Å². The molecule has 1 aliphatic carbocycles. The van der Waals surface area contributed by atoms with Crippen LogP contribution in [0.2, 0.25) is 0 Å². The zero-order chi connectivity index (χ0) is 16.4. The molecule has 0 amide bonds. The normalized spacial score (nSPS) is 25.0. The fraction of sp³-hybridized carbons (Fsp3) is 0.611. The Morgan fingerprint density at radius 1 is 1.29 bits per heavy atom. The number of hydrogen-bond donors (Lipinski definition) is 1. The lowest BCUT2D eigenvalue weighted by Crippen LogP contribution is -2.44. The average molecular weight is 447 g/mol. The maximum atomic E-state index is 13.8. The smallest absolute Gasteiger partial charge is 0.191 e. The van der Waals surface area contributed by atoms with Crippen molar-refractivity contribution in [2.45, 2.75) is 44.6 Å². The molecule has 0 unspecified atom stereocenters. The van der Waals surface area contributed by atoms with Crippen LogP contribution in [-0.2, 0) is 0 Å². The highest BCUT2D eigenvalue weighted by Gasteiger charge is 2.31. The molecular weight excluding hydrogens is 420 g/mol. The number of halogens is 2. The van der Waals surface area contributed by atoms with Gasteiger partial charge in [-0.15, -0.1) is 24.0 Å². The van der Waals surface area contributed by atoms with Crippen LogP contribution in [0.25, 0.3) is 0 Å². The van der Waals surface area contributed by atoms with Crippen LogP contribution in [0, 0.1) is 11.7 Å². The fourth-order valence-corrected chi connectivity index (χ4v) is 3.41. The number of ether oxygens (including phenoxy) is 1. The van der Waals surface area contributed by atoms with E-state index in [1.807, 2.05) is 6.07 Å². The van der Waals surface area contributed by atoms with E-state index in [0.717, 1.165) is 37.4 Å². The molecule has 2 N–H and O–H groups in total. The lowest BCUT2D eigenvalue weighted by molar-refractivity contribution is 0.272. The summed E-state index contributed by atoms with van der Waals surface area (Å²) >= 11 is 0. The Balaban J connectivity index is 0.00000208. The molecule has 4 nitrogen and oxygen atoms in total. The number of guanidine groups is 1. The van der Waals surface area contributed by atoms with E-state index in [1.54, 1.807) is 12.1 Å². The van der Waals surface area contributed by atoms with E-state index in [2.05, 4.69) is 16.8 Å². The second-order valence-corrected chi connectivity index (χ2v) is 6.87. The highest BCUT2D eigenvalue weighted by Crippen LogP contribution is 2.40. The van der Waals surface area contributed by atoms with Gasteiger partial charge < -0.3 is 15.4 Å². The van der Waals surface area contributed by atoms with Crippen LogP contribution in [0.1, 0.15) is 44.1 Å². The Labute approximate surface area is 160 Å². The summed E-state index contributed by atoms with van der Waals surface area (Å²) in [7, 11) is 1.48. The van der Waals surface area contributed by atoms with Crippen molar-refractivity contribution < 1.29 is 9.13 Å². The average Bonchev–Trinajstić information content (AvgIpc) is 2.51. The Kier molecular flexibility index (Phi) is 6.71. The molecule has 1 aliphatic heterocycles. The first-order valence-electron chi connectivity index (χ1n) is 8.48. The molecule has 1 saturated carbocycles. The third kappa shape index (κ3) is 4.32. The molecule has 0 aromatic heterocycles. The van der Waals surface area contributed by atoms with Gasteiger partial charge in [0.25, 0.3) is 0 Å². The summed E-state index contributed by atoms with van der Waals surface area (Å²) in [5.41, 5.74) is 7.18. The van der Waals surface area contributed by atoms with Gasteiger partial charge in [-0.2, -0.15) is 0 Å². The van der Waals surface area contributed by atoms with Crippen molar-refractivity contribution in [3.8, 4) is 5.75 Å². The minimum Gasteiger partial charge on any atom is -0.494 e. The maximum Gasteiger partial charge on any atom is 0.191 e. The fourth-order valence-electron chi connectivity index (χ4n) is 3.41. The Morgan fingerprint density at radius 2 is 1.96 bits per heavy atom. The van der Waals surface area contributed by atoms with Gasteiger partial charge >= 0.3 is 0 Å². The highest BCUT2D eigenvalue weighted by molar-refractivity contribution is 14.0. The zero-order valence-electron chi connectivity index (χ0n) is 14.4. The third-order valence-corrected chi connectivity index (χ3v) is 5.18.